The first-order valence-corrected chi connectivity index (χ1v) is 5.20. The van der Waals surface area contributed by atoms with E-state index in [1.54, 1.807) is 35.1 Å². The van der Waals surface area contributed by atoms with Crippen LogP contribution in [0.4, 0.5) is 0 Å². The van der Waals surface area contributed by atoms with Gasteiger partial charge in [0.15, 0.2) is 0 Å². The molecule has 0 unspecified atom stereocenters. The lowest BCUT2D eigenvalue weighted by Crippen LogP contribution is -2.10. The third-order valence-corrected chi connectivity index (χ3v) is 2.33. The first-order chi connectivity index (χ1) is 8.15. The summed E-state index contributed by atoms with van der Waals surface area (Å²) >= 11 is 0. The standard InChI is InChI=1S/C12H14N4O/c1-16-7-9(6-15-16)8-17-11-4-2-10(3-5-11)12(13)14/h2-7H,8H2,1H3,(H3,13,14). The second kappa shape index (κ2) is 4.69. The average molecular weight is 230 g/mol. The van der Waals surface area contributed by atoms with Crippen LogP contribution in [0.15, 0.2) is 36.7 Å². The molecule has 1 aromatic carbocycles. The molecule has 5 nitrogen and oxygen atoms in total. The first-order valence-electron chi connectivity index (χ1n) is 5.20. The van der Waals surface area contributed by atoms with Gasteiger partial charge in [-0.1, -0.05) is 0 Å². The Morgan fingerprint density at radius 1 is 1.41 bits per heavy atom. The third-order valence-electron chi connectivity index (χ3n) is 2.33. The van der Waals surface area contributed by atoms with Crippen molar-refractivity contribution < 1.29 is 4.74 Å². The van der Waals surface area contributed by atoms with E-state index in [1.807, 2.05) is 13.2 Å². The molecule has 1 aromatic heterocycles. The summed E-state index contributed by atoms with van der Waals surface area (Å²) in [6.07, 6.45) is 3.67. The van der Waals surface area contributed by atoms with Gasteiger partial charge in [0.1, 0.15) is 18.2 Å². The zero-order valence-corrected chi connectivity index (χ0v) is 9.55. The first kappa shape index (κ1) is 11.2. The number of nitrogens with zero attached hydrogens (tertiary/aromatic N) is 2. The van der Waals surface area contributed by atoms with Gasteiger partial charge in [-0.2, -0.15) is 5.10 Å². The number of nitrogen functional groups attached to an aromatic ring is 1. The summed E-state index contributed by atoms with van der Waals surface area (Å²) in [5, 5.41) is 11.3. The van der Waals surface area contributed by atoms with Gasteiger partial charge in [-0.05, 0) is 24.3 Å². The zero-order chi connectivity index (χ0) is 12.3. The average Bonchev–Trinajstić information content (AvgIpc) is 2.73. The van der Waals surface area contributed by atoms with Crippen molar-refractivity contribution in [3.05, 3.63) is 47.8 Å². The molecule has 0 aliphatic carbocycles. The fourth-order valence-electron chi connectivity index (χ4n) is 1.44. The van der Waals surface area contributed by atoms with Gasteiger partial charge in [0.05, 0.1) is 6.20 Å². The maximum absolute atomic E-state index is 7.27. The summed E-state index contributed by atoms with van der Waals surface area (Å²) in [7, 11) is 1.87. The maximum Gasteiger partial charge on any atom is 0.122 e. The van der Waals surface area contributed by atoms with E-state index in [4.69, 9.17) is 15.9 Å². The number of hydrogen-bond acceptors (Lipinski definition) is 3. The topological polar surface area (TPSA) is 76.9 Å². The van der Waals surface area contributed by atoms with E-state index in [-0.39, 0.29) is 5.84 Å². The monoisotopic (exact) mass is 230 g/mol. The van der Waals surface area contributed by atoms with Gasteiger partial charge in [0.2, 0.25) is 0 Å². The molecule has 0 fully saturated rings. The summed E-state index contributed by atoms with van der Waals surface area (Å²) in [4.78, 5) is 0. The molecule has 2 rings (SSSR count). The number of hydrogen-bond donors (Lipinski definition) is 2. The van der Waals surface area contributed by atoms with E-state index in [0.717, 1.165) is 11.3 Å². The normalized spacial score (nSPS) is 10.2. The summed E-state index contributed by atoms with van der Waals surface area (Å²) in [5.41, 5.74) is 7.07. The van der Waals surface area contributed by atoms with Crippen molar-refractivity contribution in [2.75, 3.05) is 0 Å². The molecule has 3 N–H and O–H groups in total. The van der Waals surface area contributed by atoms with Crippen LogP contribution in [0, 0.1) is 5.41 Å². The smallest absolute Gasteiger partial charge is 0.122 e. The quantitative estimate of drug-likeness (QED) is 0.613. The number of amidine groups is 1. The van der Waals surface area contributed by atoms with Crippen molar-refractivity contribution in [2.45, 2.75) is 6.61 Å². The molecule has 0 amide bonds. The lowest BCUT2D eigenvalue weighted by atomic mass is 10.2. The Bertz CT molecular complexity index is 516. The van der Waals surface area contributed by atoms with Crippen LogP contribution >= 0.6 is 0 Å². The molecule has 5 heteroatoms. The number of ether oxygens (including phenoxy) is 1. The second-order valence-electron chi connectivity index (χ2n) is 3.75. The molecule has 0 aliphatic heterocycles. The fourth-order valence-corrected chi connectivity index (χ4v) is 1.44. The van der Waals surface area contributed by atoms with Crippen molar-refractivity contribution in [2.24, 2.45) is 12.8 Å². The van der Waals surface area contributed by atoms with Gasteiger partial charge in [-0.3, -0.25) is 10.1 Å². The minimum absolute atomic E-state index is 0.0591. The van der Waals surface area contributed by atoms with E-state index in [1.165, 1.54) is 0 Å². The highest BCUT2D eigenvalue weighted by atomic mass is 16.5. The van der Waals surface area contributed by atoms with Gasteiger partial charge in [-0.25, -0.2) is 0 Å². The van der Waals surface area contributed by atoms with Crippen molar-refractivity contribution in [1.29, 1.82) is 5.41 Å². The molecule has 0 spiro atoms. The number of rotatable bonds is 4. The van der Waals surface area contributed by atoms with Crippen molar-refractivity contribution >= 4 is 5.84 Å². The van der Waals surface area contributed by atoms with Crippen LogP contribution < -0.4 is 10.5 Å². The number of nitrogens with two attached hydrogens (primary N) is 1. The second-order valence-corrected chi connectivity index (χ2v) is 3.75. The molecular weight excluding hydrogens is 216 g/mol. The molecule has 0 saturated heterocycles. The summed E-state index contributed by atoms with van der Waals surface area (Å²) in [6.45, 7) is 0.479. The molecule has 1 heterocycles. The highest BCUT2D eigenvalue weighted by Gasteiger charge is 2.00. The van der Waals surface area contributed by atoms with Crippen LogP contribution in [0.3, 0.4) is 0 Å². The Morgan fingerprint density at radius 2 is 2.12 bits per heavy atom. The Kier molecular flexibility index (Phi) is 3.09. The fraction of sp³-hybridized carbons (Fsp3) is 0.167. The van der Waals surface area contributed by atoms with E-state index >= 15 is 0 Å². The maximum atomic E-state index is 7.27. The Labute approximate surface area is 99.3 Å². The summed E-state index contributed by atoms with van der Waals surface area (Å²) < 4.78 is 7.31. The largest absolute Gasteiger partial charge is 0.489 e. The van der Waals surface area contributed by atoms with Gasteiger partial charge >= 0.3 is 0 Å². The third kappa shape index (κ3) is 2.84. The minimum atomic E-state index is 0.0591. The number of nitrogens with one attached hydrogen (secondary N) is 1. The lowest BCUT2D eigenvalue weighted by Gasteiger charge is -2.05. The van der Waals surface area contributed by atoms with Gasteiger partial charge in [0, 0.05) is 24.4 Å². The number of aryl methyl sites for hydroxylation is 1. The molecule has 0 bridgehead atoms. The van der Waals surface area contributed by atoms with Crippen LogP contribution in [0.2, 0.25) is 0 Å². The van der Waals surface area contributed by atoms with Crippen LogP contribution in [0.25, 0.3) is 0 Å². The van der Waals surface area contributed by atoms with Gasteiger partial charge in [-0.15, -0.1) is 0 Å². The van der Waals surface area contributed by atoms with E-state index in [0.29, 0.717) is 12.2 Å². The van der Waals surface area contributed by atoms with Crippen molar-refractivity contribution in [1.82, 2.24) is 9.78 Å². The van der Waals surface area contributed by atoms with E-state index < -0.39 is 0 Å². The van der Waals surface area contributed by atoms with Crippen LogP contribution in [-0.4, -0.2) is 15.6 Å². The van der Waals surface area contributed by atoms with Gasteiger partial charge < -0.3 is 10.5 Å². The van der Waals surface area contributed by atoms with Crippen LogP contribution in [0.1, 0.15) is 11.1 Å². The molecule has 88 valence electrons. The number of aromatic nitrogens is 2. The SMILES string of the molecule is Cn1cc(COc2ccc(C(=N)N)cc2)cn1. The molecule has 0 saturated carbocycles. The molecule has 0 radical (unpaired) electrons. The Morgan fingerprint density at radius 3 is 2.65 bits per heavy atom. The van der Waals surface area contributed by atoms with Crippen molar-refractivity contribution in [3.8, 4) is 5.75 Å². The molecular formula is C12H14N4O. The summed E-state index contributed by atoms with van der Waals surface area (Å²) in [5.74, 6) is 0.808. The predicted molar refractivity (Wildman–Crippen MR) is 65.0 cm³/mol. The molecule has 2 aromatic rings. The highest BCUT2D eigenvalue weighted by Crippen LogP contribution is 2.13. The van der Waals surface area contributed by atoms with E-state index in [9.17, 15) is 0 Å². The molecule has 0 atom stereocenters. The van der Waals surface area contributed by atoms with Crippen LogP contribution in [-0.2, 0) is 13.7 Å². The van der Waals surface area contributed by atoms with Crippen molar-refractivity contribution in [3.63, 3.8) is 0 Å². The lowest BCUT2D eigenvalue weighted by molar-refractivity contribution is 0.306. The Balaban J connectivity index is 1.97. The minimum Gasteiger partial charge on any atom is -0.489 e. The molecule has 0 aliphatic rings. The predicted octanol–water partition coefficient (Wildman–Crippen LogP) is 1.28. The molecule has 17 heavy (non-hydrogen) atoms. The van der Waals surface area contributed by atoms with Crippen LogP contribution in [0.5, 0.6) is 5.75 Å². The number of benzene rings is 1. The zero-order valence-electron chi connectivity index (χ0n) is 9.55. The summed E-state index contributed by atoms with van der Waals surface area (Å²) in [6, 6.07) is 7.13. The van der Waals surface area contributed by atoms with E-state index in [2.05, 4.69) is 5.10 Å². The Hall–Kier alpha value is -2.30. The van der Waals surface area contributed by atoms with Gasteiger partial charge in [0.25, 0.3) is 0 Å². The highest BCUT2D eigenvalue weighted by molar-refractivity contribution is 5.94.